The number of amides is 2. The van der Waals surface area contributed by atoms with E-state index in [4.69, 9.17) is 10.5 Å². The Morgan fingerprint density at radius 3 is 2.74 bits per heavy atom. The quantitative estimate of drug-likeness (QED) is 0.780. The zero-order valence-electron chi connectivity index (χ0n) is 15.5. The third-order valence-electron chi connectivity index (χ3n) is 4.82. The first kappa shape index (κ1) is 18.9. The molecule has 6 heteroatoms. The van der Waals surface area contributed by atoms with Crippen LogP contribution in [-0.2, 0) is 17.8 Å². The van der Waals surface area contributed by atoms with Crippen LogP contribution in [-0.4, -0.2) is 42.5 Å². The van der Waals surface area contributed by atoms with E-state index in [0.717, 1.165) is 19.5 Å². The van der Waals surface area contributed by atoms with Crippen molar-refractivity contribution in [1.29, 1.82) is 0 Å². The van der Waals surface area contributed by atoms with Crippen LogP contribution in [0.4, 0.5) is 0 Å². The molecule has 2 amide bonds. The van der Waals surface area contributed by atoms with E-state index in [0.29, 0.717) is 17.9 Å². The first-order valence-electron chi connectivity index (χ1n) is 9.13. The lowest BCUT2D eigenvalue weighted by Gasteiger charge is -2.33. The molecule has 1 heterocycles. The van der Waals surface area contributed by atoms with Gasteiger partial charge in [0.2, 0.25) is 0 Å². The van der Waals surface area contributed by atoms with Gasteiger partial charge in [-0.1, -0.05) is 30.3 Å². The van der Waals surface area contributed by atoms with Gasteiger partial charge in [-0.15, -0.1) is 0 Å². The van der Waals surface area contributed by atoms with Gasteiger partial charge in [0.25, 0.3) is 11.8 Å². The van der Waals surface area contributed by atoms with Crippen LogP contribution < -0.4 is 15.8 Å². The van der Waals surface area contributed by atoms with Crippen molar-refractivity contribution in [3.63, 3.8) is 0 Å². The summed E-state index contributed by atoms with van der Waals surface area (Å²) < 4.78 is 5.25. The second-order valence-corrected chi connectivity index (χ2v) is 6.83. The second-order valence-electron chi connectivity index (χ2n) is 6.83. The highest BCUT2D eigenvalue weighted by molar-refractivity contribution is 5.94. The van der Waals surface area contributed by atoms with E-state index in [1.165, 1.54) is 11.1 Å². The van der Waals surface area contributed by atoms with Crippen molar-refractivity contribution in [2.75, 3.05) is 19.7 Å². The largest absolute Gasteiger partial charge is 0.484 e. The summed E-state index contributed by atoms with van der Waals surface area (Å²) in [5.74, 6) is -0.271. The molecule has 27 heavy (non-hydrogen) atoms. The zero-order chi connectivity index (χ0) is 19.2. The monoisotopic (exact) mass is 367 g/mol. The van der Waals surface area contributed by atoms with Gasteiger partial charge in [0, 0.05) is 31.2 Å². The van der Waals surface area contributed by atoms with E-state index < -0.39 is 5.91 Å². The molecule has 1 aliphatic rings. The predicted molar refractivity (Wildman–Crippen MR) is 103 cm³/mol. The number of benzene rings is 2. The topological polar surface area (TPSA) is 84.7 Å². The van der Waals surface area contributed by atoms with Crippen molar-refractivity contribution in [3.8, 4) is 5.75 Å². The minimum atomic E-state index is -0.554. The Morgan fingerprint density at radius 1 is 1.19 bits per heavy atom. The highest BCUT2D eigenvalue weighted by Gasteiger charge is 2.20. The Hall–Kier alpha value is -2.86. The first-order valence-corrected chi connectivity index (χ1v) is 9.13. The standard InChI is InChI=1S/C21H25N3O3/c1-15(24-10-9-16-5-2-3-6-18(16)13-24)12-23-21(26)17-7-4-8-19(11-17)27-14-20(22)25/h2-8,11,15H,9-10,12-14H2,1H3,(H2,22,25)(H,23,26). The molecule has 0 fully saturated rings. The summed E-state index contributed by atoms with van der Waals surface area (Å²) in [6.07, 6.45) is 1.04. The van der Waals surface area contributed by atoms with Crippen LogP contribution in [0.1, 0.15) is 28.4 Å². The lowest BCUT2D eigenvalue weighted by molar-refractivity contribution is -0.119. The van der Waals surface area contributed by atoms with Crippen LogP contribution in [0.5, 0.6) is 5.75 Å². The highest BCUT2D eigenvalue weighted by atomic mass is 16.5. The summed E-state index contributed by atoms with van der Waals surface area (Å²) in [4.78, 5) is 25.6. The van der Waals surface area contributed by atoms with E-state index >= 15 is 0 Å². The van der Waals surface area contributed by atoms with E-state index in [9.17, 15) is 9.59 Å². The third-order valence-corrected chi connectivity index (χ3v) is 4.82. The Kier molecular flexibility index (Phi) is 6.08. The Balaban J connectivity index is 1.53. The third kappa shape index (κ3) is 5.08. The maximum absolute atomic E-state index is 12.4. The number of nitrogens with two attached hydrogens (primary N) is 1. The van der Waals surface area contributed by atoms with Crippen molar-refractivity contribution in [2.45, 2.75) is 25.9 Å². The van der Waals surface area contributed by atoms with Crippen LogP contribution in [0.2, 0.25) is 0 Å². The summed E-state index contributed by atoms with van der Waals surface area (Å²) in [5, 5.41) is 2.98. The van der Waals surface area contributed by atoms with Crippen molar-refractivity contribution in [2.24, 2.45) is 5.73 Å². The first-order chi connectivity index (χ1) is 13.0. The molecule has 0 saturated heterocycles. The Morgan fingerprint density at radius 2 is 1.96 bits per heavy atom. The predicted octanol–water partition coefficient (Wildman–Crippen LogP) is 1.73. The molecule has 3 rings (SSSR count). The normalized spacial score (nSPS) is 14.9. The van der Waals surface area contributed by atoms with Gasteiger partial charge in [-0.25, -0.2) is 0 Å². The molecule has 1 atom stereocenters. The Labute approximate surface area is 159 Å². The summed E-state index contributed by atoms with van der Waals surface area (Å²) in [6.45, 7) is 4.38. The number of primary amides is 1. The minimum Gasteiger partial charge on any atom is -0.484 e. The molecule has 2 aromatic rings. The van der Waals surface area contributed by atoms with Gasteiger partial charge in [-0.05, 0) is 42.7 Å². The number of nitrogens with one attached hydrogen (secondary N) is 1. The summed E-state index contributed by atoms with van der Waals surface area (Å²) in [7, 11) is 0. The number of hydrogen-bond acceptors (Lipinski definition) is 4. The smallest absolute Gasteiger partial charge is 0.255 e. The fraction of sp³-hybridized carbons (Fsp3) is 0.333. The lowest BCUT2D eigenvalue weighted by atomic mass is 9.99. The molecule has 0 saturated carbocycles. The van der Waals surface area contributed by atoms with Crippen LogP contribution in [0, 0.1) is 0 Å². The van der Waals surface area contributed by atoms with Gasteiger partial charge < -0.3 is 15.8 Å². The number of ether oxygens (including phenoxy) is 1. The van der Waals surface area contributed by atoms with Crippen molar-refractivity contribution in [1.82, 2.24) is 10.2 Å². The van der Waals surface area contributed by atoms with E-state index in [2.05, 4.69) is 41.4 Å². The summed E-state index contributed by atoms with van der Waals surface area (Å²) >= 11 is 0. The molecule has 6 nitrogen and oxygen atoms in total. The van der Waals surface area contributed by atoms with Crippen LogP contribution in [0.3, 0.4) is 0 Å². The summed E-state index contributed by atoms with van der Waals surface area (Å²) in [6, 6.07) is 15.5. The number of rotatable bonds is 7. The van der Waals surface area contributed by atoms with Crippen molar-refractivity contribution < 1.29 is 14.3 Å². The van der Waals surface area contributed by atoms with Crippen molar-refractivity contribution in [3.05, 3.63) is 65.2 Å². The van der Waals surface area contributed by atoms with Crippen LogP contribution in [0.25, 0.3) is 0 Å². The number of carbonyl (C=O) groups excluding carboxylic acids is 2. The van der Waals surface area contributed by atoms with E-state index in [-0.39, 0.29) is 18.6 Å². The number of carbonyl (C=O) groups is 2. The zero-order valence-corrected chi connectivity index (χ0v) is 15.5. The number of hydrogen-bond donors (Lipinski definition) is 2. The molecule has 1 unspecified atom stereocenters. The molecule has 0 bridgehead atoms. The molecule has 0 spiro atoms. The minimum absolute atomic E-state index is 0.163. The molecular formula is C21H25N3O3. The number of fused-ring (bicyclic) bond motifs is 1. The molecule has 3 N–H and O–H groups in total. The fourth-order valence-corrected chi connectivity index (χ4v) is 3.25. The SMILES string of the molecule is CC(CNC(=O)c1cccc(OCC(N)=O)c1)N1CCc2ccccc2C1. The van der Waals surface area contributed by atoms with E-state index in [1.54, 1.807) is 24.3 Å². The Bertz CT molecular complexity index is 822. The van der Waals surface area contributed by atoms with Gasteiger partial charge in [-0.3, -0.25) is 14.5 Å². The van der Waals surface area contributed by atoms with Gasteiger partial charge in [0.1, 0.15) is 5.75 Å². The maximum atomic E-state index is 12.4. The van der Waals surface area contributed by atoms with Crippen molar-refractivity contribution >= 4 is 11.8 Å². The molecule has 2 aromatic carbocycles. The van der Waals surface area contributed by atoms with Gasteiger partial charge in [0.15, 0.2) is 6.61 Å². The average Bonchev–Trinajstić information content (AvgIpc) is 2.70. The second kappa shape index (κ2) is 8.68. The van der Waals surface area contributed by atoms with E-state index in [1.807, 2.05) is 0 Å². The molecular weight excluding hydrogens is 342 g/mol. The van der Waals surface area contributed by atoms with Gasteiger partial charge in [-0.2, -0.15) is 0 Å². The molecule has 0 aromatic heterocycles. The average molecular weight is 367 g/mol. The van der Waals surface area contributed by atoms with Crippen LogP contribution >= 0.6 is 0 Å². The lowest BCUT2D eigenvalue weighted by Crippen LogP contribution is -2.44. The summed E-state index contributed by atoms with van der Waals surface area (Å²) in [5.41, 5.74) is 8.34. The maximum Gasteiger partial charge on any atom is 0.255 e. The van der Waals surface area contributed by atoms with Crippen LogP contribution in [0.15, 0.2) is 48.5 Å². The fourth-order valence-electron chi connectivity index (χ4n) is 3.25. The highest BCUT2D eigenvalue weighted by Crippen LogP contribution is 2.20. The van der Waals surface area contributed by atoms with Gasteiger partial charge >= 0.3 is 0 Å². The molecule has 0 radical (unpaired) electrons. The molecule has 142 valence electrons. The number of nitrogens with zero attached hydrogens (tertiary/aromatic N) is 1. The molecule has 1 aliphatic heterocycles. The molecule has 0 aliphatic carbocycles. The van der Waals surface area contributed by atoms with Gasteiger partial charge in [0.05, 0.1) is 0 Å².